The van der Waals surface area contributed by atoms with Gasteiger partial charge in [-0.15, -0.1) is 0 Å². The first-order chi connectivity index (χ1) is 22.6. The number of aliphatic hydroxyl groups excluding tert-OH is 2. The first-order valence-electron chi connectivity index (χ1n) is 16.6. The Kier molecular flexibility index (Phi) is 13.7. The van der Waals surface area contributed by atoms with Crippen LogP contribution in [-0.2, 0) is 0 Å². The van der Waals surface area contributed by atoms with Gasteiger partial charge < -0.3 is 19.7 Å². The fourth-order valence-corrected chi connectivity index (χ4v) is 5.83. The molecule has 2 saturated heterocycles. The Bertz CT molecular complexity index is 1200. The van der Waals surface area contributed by atoms with Crippen molar-refractivity contribution in [2.75, 3.05) is 91.8 Å². The fraction of sp³-hybridized carbons (Fsp3) is 0.421. The molecule has 3 aromatic rings. The van der Waals surface area contributed by atoms with Crippen LogP contribution in [0.3, 0.4) is 0 Å². The highest BCUT2D eigenvalue weighted by atomic mass is 16.5. The number of β-amino-alcohol motifs (C(OH)–C–C–N with tert-alkyl or cyclic N) is 2. The normalized spacial score (nSPS) is 18.7. The summed E-state index contributed by atoms with van der Waals surface area (Å²) >= 11 is 0. The monoisotopic (exact) mass is 626 g/mol. The van der Waals surface area contributed by atoms with E-state index in [9.17, 15) is 10.2 Å². The maximum Gasteiger partial charge on any atom is 0.119 e. The van der Waals surface area contributed by atoms with Crippen molar-refractivity contribution in [3.05, 3.63) is 108 Å². The molecule has 5 rings (SSSR count). The third kappa shape index (κ3) is 12.0. The Balaban J connectivity index is 0.906. The summed E-state index contributed by atoms with van der Waals surface area (Å²) in [5, 5.41) is 21.1. The number of rotatable bonds is 16. The molecule has 2 fully saturated rings. The summed E-state index contributed by atoms with van der Waals surface area (Å²) in [6, 6.07) is 28.2. The topological polar surface area (TPSA) is 71.9 Å². The van der Waals surface area contributed by atoms with E-state index in [1.807, 2.05) is 36.4 Å². The molecule has 246 valence electrons. The lowest BCUT2D eigenvalue weighted by atomic mass is 10.2. The van der Waals surface area contributed by atoms with Crippen LogP contribution in [0.15, 0.2) is 97.1 Å². The first-order valence-corrected chi connectivity index (χ1v) is 16.6. The Labute approximate surface area is 274 Å². The van der Waals surface area contributed by atoms with Gasteiger partial charge in [0.1, 0.15) is 36.9 Å². The van der Waals surface area contributed by atoms with Crippen molar-refractivity contribution >= 4 is 12.2 Å². The van der Waals surface area contributed by atoms with Crippen LogP contribution in [0.2, 0.25) is 0 Å². The Morgan fingerprint density at radius 2 is 0.848 bits per heavy atom. The molecule has 2 aliphatic rings. The smallest absolute Gasteiger partial charge is 0.119 e. The van der Waals surface area contributed by atoms with Crippen LogP contribution in [0.25, 0.3) is 12.2 Å². The molecule has 46 heavy (non-hydrogen) atoms. The number of nitrogens with zero attached hydrogens (tertiary/aromatic N) is 4. The van der Waals surface area contributed by atoms with E-state index in [0.29, 0.717) is 24.6 Å². The molecule has 2 aliphatic heterocycles. The Morgan fingerprint density at radius 3 is 1.22 bits per heavy atom. The lowest BCUT2D eigenvalue weighted by molar-refractivity contribution is 0.0472. The zero-order chi connectivity index (χ0) is 31.8. The molecule has 0 aliphatic carbocycles. The SMILES string of the molecule is OC(COc1ccc(OCC(O)CN2CCN(CC=Cc3ccccc3)CC2)cc1)CN1CCN(CC=Cc2ccccc2)CC1. The molecule has 2 heterocycles. The fourth-order valence-electron chi connectivity index (χ4n) is 5.83. The van der Waals surface area contributed by atoms with Gasteiger partial charge in [-0.3, -0.25) is 19.6 Å². The van der Waals surface area contributed by atoms with Crippen molar-refractivity contribution in [1.29, 1.82) is 0 Å². The molecule has 2 atom stereocenters. The number of hydrogen-bond acceptors (Lipinski definition) is 8. The maximum absolute atomic E-state index is 10.6. The van der Waals surface area contributed by atoms with Crippen LogP contribution >= 0.6 is 0 Å². The number of benzene rings is 3. The number of hydrogen-bond donors (Lipinski definition) is 2. The molecule has 8 heteroatoms. The molecule has 0 bridgehead atoms. The molecule has 0 radical (unpaired) electrons. The third-order valence-electron chi connectivity index (χ3n) is 8.52. The second-order valence-corrected chi connectivity index (χ2v) is 12.2. The van der Waals surface area contributed by atoms with Crippen LogP contribution in [0.5, 0.6) is 11.5 Å². The molecular weight excluding hydrogens is 576 g/mol. The highest BCUT2D eigenvalue weighted by molar-refractivity contribution is 5.49. The number of ether oxygens (including phenoxy) is 2. The summed E-state index contributed by atoms with van der Waals surface area (Å²) in [5.41, 5.74) is 2.45. The molecule has 2 unspecified atom stereocenters. The van der Waals surface area contributed by atoms with Crippen molar-refractivity contribution < 1.29 is 19.7 Å². The molecule has 0 amide bonds. The van der Waals surface area contributed by atoms with Crippen LogP contribution in [0, 0.1) is 0 Å². The standard InChI is InChI=1S/C38H50N4O4/c43-35(29-41-25-21-39(22-26-41)19-7-13-33-9-3-1-4-10-33)31-45-37-15-17-38(18-16-37)46-32-36(44)30-42-27-23-40(24-28-42)20-8-14-34-11-5-2-6-12-34/h1-18,35-36,43-44H,19-32H2. The van der Waals surface area contributed by atoms with Gasteiger partial charge in [-0.05, 0) is 35.4 Å². The van der Waals surface area contributed by atoms with Crippen molar-refractivity contribution in [2.24, 2.45) is 0 Å². The molecule has 0 aromatic heterocycles. The van der Waals surface area contributed by atoms with E-state index in [2.05, 4.69) is 92.4 Å². The van der Waals surface area contributed by atoms with Crippen LogP contribution < -0.4 is 9.47 Å². The average molecular weight is 627 g/mol. The molecule has 0 spiro atoms. The lowest BCUT2D eigenvalue weighted by Crippen LogP contribution is -2.49. The molecule has 8 nitrogen and oxygen atoms in total. The second-order valence-electron chi connectivity index (χ2n) is 12.2. The van der Waals surface area contributed by atoms with Gasteiger partial charge in [-0.25, -0.2) is 0 Å². The minimum Gasteiger partial charge on any atom is -0.491 e. The summed E-state index contributed by atoms with van der Waals surface area (Å²) < 4.78 is 11.7. The molecular formula is C38H50N4O4. The summed E-state index contributed by atoms with van der Waals surface area (Å²) in [4.78, 5) is 9.49. The van der Waals surface area contributed by atoms with Crippen LogP contribution in [-0.4, -0.2) is 134 Å². The van der Waals surface area contributed by atoms with Crippen LogP contribution in [0.4, 0.5) is 0 Å². The summed E-state index contributed by atoms with van der Waals surface area (Å²) in [6.07, 6.45) is 7.69. The zero-order valence-electron chi connectivity index (χ0n) is 26.9. The van der Waals surface area contributed by atoms with Gasteiger partial charge >= 0.3 is 0 Å². The van der Waals surface area contributed by atoms with Crippen molar-refractivity contribution in [2.45, 2.75) is 12.2 Å². The van der Waals surface area contributed by atoms with E-state index in [1.54, 1.807) is 0 Å². The predicted octanol–water partition coefficient (Wildman–Crippen LogP) is 3.83. The largest absolute Gasteiger partial charge is 0.491 e. The third-order valence-corrected chi connectivity index (χ3v) is 8.52. The van der Waals surface area contributed by atoms with Gasteiger partial charge in [-0.1, -0.05) is 85.0 Å². The summed E-state index contributed by atoms with van der Waals surface area (Å²) in [5.74, 6) is 1.39. The lowest BCUT2D eigenvalue weighted by Gasteiger charge is -2.35. The van der Waals surface area contributed by atoms with Crippen molar-refractivity contribution in [3.8, 4) is 11.5 Å². The first kappa shape index (κ1) is 33.9. The van der Waals surface area contributed by atoms with Gasteiger partial charge in [0.15, 0.2) is 0 Å². The minimum atomic E-state index is -0.553. The highest BCUT2D eigenvalue weighted by Gasteiger charge is 2.20. The van der Waals surface area contributed by atoms with Crippen LogP contribution in [0.1, 0.15) is 11.1 Å². The molecule has 3 aromatic carbocycles. The summed E-state index contributed by atoms with van der Waals surface area (Å²) in [7, 11) is 0. The maximum atomic E-state index is 10.6. The van der Waals surface area contributed by atoms with E-state index < -0.39 is 12.2 Å². The number of aliphatic hydroxyl groups is 2. The average Bonchev–Trinajstić information content (AvgIpc) is 3.09. The zero-order valence-corrected chi connectivity index (χ0v) is 26.9. The quantitative estimate of drug-likeness (QED) is 0.249. The second kappa shape index (κ2) is 18.6. The molecule has 0 saturated carbocycles. The van der Waals surface area contributed by atoms with Gasteiger partial charge in [0.25, 0.3) is 0 Å². The van der Waals surface area contributed by atoms with E-state index >= 15 is 0 Å². The van der Waals surface area contributed by atoms with Gasteiger partial charge in [-0.2, -0.15) is 0 Å². The van der Waals surface area contributed by atoms with Gasteiger partial charge in [0.2, 0.25) is 0 Å². The Morgan fingerprint density at radius 1 is 0.500 bits per heavy atom. The predicted molar refractivity (Wildman–Crippen MR) is 186 cm³/mol. The van der Waals surface area contributed by atoms with E-state index in [4.69, 9.17) is 9.47 Å². The van der Waals surface area contributed by atoms with Gasteiger partial charge in [0.05, 0.1) is 0 Å². The van der Waals surface area contributed by atoms with E-state index in [-0.39, 0.29) is 13.2 Å². The molecule has 2 N–H and O–H groups in total. The Hall–Kier alpha value is -3.50. The number of piperazine rings is 2. The van der Waals surface area contributed by atoms with Crippen molar-refractivity contribution in [3.63, 3.8) is 0 Å². The van der Waals surface area contributed by atoms with Gasteiger partial charge in [0, 0.05) is 78.5 Å². The minimum absolute atomic E-state index is 0.246. The van der Waals surface area contributed by atoms with E-state index in [0.717, 1.165) is 65.4 Å². The van der Waals surface area contributed by atoms with E-state index in [1.165, 1.54) is 11.1 Å². The van der Waals surface area contributed by atoms with Crippen molar-refractivity contribution in [1.82, 2.24) is 19.6 Å². The highest BCUT2D eigenvalue weighted by Crippen LogP contribution is 2.18. The summed E-state index contributed by atoms with van der Waals surface area (Å²) in [6.45, 7) is 11.3.